The van der Waals surface area contributed by atoms with E-state index in [1.165, 1.54) is 18.3 Å². The van der Waals surface area contributed by atoms with Gasteiger partial charge in [-0.15, -0.1) is 5.10 Å². The molecule has 0 bridgehead atoms. The molecule has 3 rings (SSSR count). The molecule has 2 aromatic heterocycles. The molecule has 1 N–H and O–H groups in total. The predicted octanol–water partition coefficient (Wildman–Crippen LogP) is 1.58. The molecule has 0 saturated heterocycles. The zero-order valence-corrected chi connectivity index (χ0v) is 10.4. The minimum atomic E-state index is -4.38. The first kappa shape index (κ1) is 13.3. The molecule has 0 aliphatic carbocycles. The highest BCUT2D eigenvalue weighted by Gasteiger charge is 2.29. The summed E-state index contributed by atoms with van der Waals surface area (Å²) in [7, 11) is 0. The average Bonchev–Trinajstić information content (AvgIpc) is 2.91. The number of nitrogens with zero attached hydrogens (tertiary/aromatic N) is 4. The maximum atomic E-state index is 12.5. The summed E-state index contributed by atoms with van der Waals surface area (Å²) in [5, 5.41) is 13.7. The van der Waals surface area contributed by atoms with Crippen LogP contribution in [0.4, 0.5) is 13.2 Å². The molecule has 0 unspecified atom stereocenters. The van der Waals surface area contributed by atoms with Crippen molar-refractivity contribution in [1.82, 2.24) is 25.2 Å². The maximum absolute atomic E-state index is 12.5. The highest BCUT2D eigenvalue weighted by atomic mass is 19.4. The first-order valence-electron chi connectivity index (χ1n) is 5.88. The van der Waals surface area contributed by atoms with Crippen molar-refractivity contribution < 1.29 is 13.2 Å². The Balaban J connectivity index is 1.92. The second-order valence-electron chi connectivity index (χ2n) is 4.38. The van der Waals surface area contributed by atoms with Crippen LogP contribution in [0.2, 0.25) is 0 Å². The molecule has 0 atom stereocenters. The van der Waals surface area contributed by atoms with Gasteiger partial charge in [-0.2, -0.15) is 18.3 Å². The molecule has 108 valence electrons. The van der Waals surface area contributed by atoms with Crippen LogP contribution in [-0.4, -0.2) is 25.2 Å². The number of nitrogens with one attached hydrogen (secondary N) is 1. The van der Waals surface area contributed by atoms with Crippen LogP contribution in [-0.2, 0) is 12.7 Å². The second kappa shape index (κ2) is 4.69. The number of rotatable bonds is 2. The number of benzene rings is 1. The Hall–Kier alpha value is -2.71. The van der Waals surface area contributed by atoms with E-state index in [1.54, 1.807) is 0 Å². The average molecular weight is 295 g/mol. The van der Waals surface area contributed by atoms with Crippen molar-refractivity contribution in [2.24, 2.45) is 0 Å². The van der Waals surface area contributed by atoms with Crippen molar-refractivity contribution in [3.8, 4) is 0 Å². The Bertz CT molecular complexity index is 834. The number of halogens is 3. The SMILES string of the molecule is O=c1c2[nH]ncc2nnn1Cc1ccc(C(F)(F)F)cc1. The van der Waals surface area contributed by atoms with Gasteiger partial charge in [-0.3, -0.25) is 9.89 Å². The van der Waals surface area contributed by atoms with Crippen LogP contribution in [0.25, 0.3) is 11.0 Å². The molecule has 1 aromatic carbocycles. The molecule has 2 heterocycles. The second-order valence-corrected chi connectivity index (χ2v) is 4.38. The number of alkyl halides is 3. The van der Waals surface area contributed by atoms with E-state index >= 15 is 0 Å². The highest BCUT2D eigenvalue weighted by molar-refractivity contribution is 5.70. The van der Waals surface area contributed by atoms with Gasteiger partial charge in [0.1, 0.15) is 5.52 Å². The first-order valence-corrected chi connectivity index (χ1v) is 5.88. The number of aromatic amines is 1. The van der Waals surface area contributed by atoms with Gasteiger partial charge in [-0.1, -0.05) is 17.3 Å². The van der Waals surface area contributed by atoms with Crippen LogP contribution in [0, 0.1) is 0 Å². The monoisotopic (exact) mass is 295 g/mol. The maximum Gasteiger partial charge on any atom is 0.416 e. The summed E-state index contributed by atoms with van der Waals surface area (Å²) in [6, 6.07) is 4.52. The summed E-state index contributed by atoms with van der Waals surface area (Å²) >= 11 is 0. The van der Waals surface area contributed by atoms with E-state index in [2.05, 4.69) is 20.5 Å². The van der Waals surface area contributed by atoms with Crippen molar-refractivity contribution in [1.29, 1.82) is 0 Å². The van der Waals surface area contributed by atoms with Crippen LogP contribution in [0.3, 0.4) is 0 Å². The van der Waals surface area contributed by atoms with Crippen LogP contribution in [0.1, 0.15) is 11.1 Å². The number of aromatic nitrogens is 5. The largest absolute Gasteiger partial charge is 0.416 e. The third-order valence-corrected chi connectivity index (χ3v) is 2.94. The predicted molar refractivity (Wildman–Crippen MR) is 66.5 cm³/mol. The van der Waals surface area contributed by atoms with Gasteiger partial charge in [0, 0.05) is 0 Å². The summed E-state index contributed by atoms with van der Waals surface area (Å²) < 4.78 is 38.4. The third kappa shape index (κ3) is 2.49. The number of fused-ring (bicyclic) bond motifs is 1. The fourth-order valence-electron chi connectivity index (χ4n) is 1.86. The van der Waals surface area contributed by atoms with Crippen LogP contribution < -0.4 is 5.56 Å². The molecule has 9 heteroatoms. The van der Waals surface area contributed by atoms with E-state index in [4.69, 9.17) is 0 Å². The Labute approximate surface area is 115 Å². The van der Waals surface area contributed by atoms with Crippen molar-refractivity contribution in [3.63, 3.8) is 0 Å². The molecule has 21 heavy (non-hydrogen) atoms. The zero-order chi connectivity index (χ0) is 15.0. The molecular weight excluding hydrogens is 287 g/mol. The molecular formula is C12H8F3N5O. The summed E-state index contributed by atoms with van der Waals surface area (Å²) in [4.78, 5) is 12.0. The molecule has 0 spiro atoms. The highest BCUT2D eigenvalue weighted by Crippen LogP contribution is 2.29. The van der Waals surface area contributed by atoms with Crippen LogP contribution in [0.5, 0.6) is 0 Å². The lowest BCUT2D eigenvalue weighted by atomic mass is 10.1. The van der Waals surface area contributed by atoms with Gasteiger partial charge >= 0.3 is 6.18 Å². The first-order chi connectivity index (χ1) is 9.95. The zero-order valence-electron chi connectivity index (χ0n) is 10.4. The minimum absolute atomic E-state index is 0.0267. The Morgan fingerprint density at radius 1 is 1.19 bits per heavy atom. The van der Waals surface area contributed by atoms with Crippen LogP contribution in [0.15, 0.2) is 35.3 Å². The third-order valence-electron chi connectivity index (χ3n) is 2.94. The van der Waals surface area contributed by atoms with Crippen LogP contribution >= 0.6 is 0 Å². The summed E-state index contributed by atoms with van der Waals surface area (Å²) in [5.74, 6) is 0. The molecule has 0 amide bonds. The molecule has 0 fully saturated rings. The van der Waals surface area contributed by atoms with Gasteiger partial charge in [0.15, 0.2) is 5.52 Å². The Morgan fingerprint density at radius 3 is 2.57 bits per heavy atom. The normalized spacial score (nSPS) is 12.0. The standard InChI is InChI=1S/C12H8F3N5O/c13-12(14,15)8-3-1-7(2-4-8)6-20-11(21)10-9(17-19-20)5-16-18-10/h1-5H,6H2,(H,16,18). The van der Waals surface area contributed by atoms with Gasteiger partial charge in [0.25, 0.3) is 5.56 Å². The number of hydrogen-bond donors (Lipinski definition) is 1. The van der Waals surface area contributed by atoms with E-state index in [0.717, 1.165) is 16.8 Å². The molecule has 6 nitrogen and oxygen atoms in total. The smallest absolute Gasteiger partial charge is 0.271 e. The van der Waals surface area contributed by atoms with E-state index in [0.29, 0.717) is 11.1 Å². The van der Waals surface area contributed by atoms with Gasteiger partial charge in [0.2, 0.25) is 0 Å². The lowest BCUT2D eigenvalue weighted by molar-refractivity contribution is -0.137. The fourth-order valence-corrected chi connectivity index (χ4v) is 1.86. The molecule has 3 aromatic rings. The van der Waals surface area contributed by atoms with Gasteiger partial charge in [0.05, 0.1) is 18.3 Å². The Kier molecular flexibility index (Phi) is 2.96. The molecule has 0 aliphatic heterocycles. The van der Waals surface area contributed by atoms with Gasteiger partial charge in [-0.05, 0) is 17.7 Å². The van der Waals surface area contributed by atoms with E-state index in [-0.39, 0.29) is 12.1 Å². The van der Waals surface area contributed by atoms with E-state index in [1.807, 2.05) is 0 Å². The minimum Gasteiger partial charge on any atom is -0.271 e. The van der Waals surface area contributed by atoms with Gasteiger partial charge in [-0.25, -0.2) is 4.68 Å². The number of hydrogen-bond acceptors (Lipinski definition) is 4. The molecule has 0 aliphatic rings. The van der Waals surface area contributed by atoms with Crippen molar-refractivity contribution in [2.75, 3.05) is 0 Å². The molecule has 0 saturated carbocycles. The fraction of sp³-hybridized carbons (Fsp3) is 0.167. The van der Waals surface area contributed by atoms with E-state index in [9.17, 15) is 18.0 Å². The topological polar surface area (TPSA) is 76.5 Å². The van der Waals surface area contributed by atoms with Crippen molar-refractivity contribution in [2.45, 2.75) is 12.7 Å². The lowest BCUT2D eigenvalue weighted by Crippen LogP contribution is -2.24. The summed E-state index contributed by atoms with van der Waals surface area (Å²) in [5.41, 5.74) is -0.120. The lowest BCUT2D eigenvalue weighted by Gasteiger charge is -2.08. The summed E-state index contributed by atoms with van der Waals surface area (Å²) in [6.45, 7) is 0.0267. The number of H-pyrrole nitrogens is 1. The van der Waals surface area contributed by atoms with E-state index < -0.39 is 17.3 Å². The summed E-state index contributed by atoms with van der Waals surface area (Å²) in [6.07, 6.45) is -3.02. The van der Waals surface area contributed by atoms with Crippen molar-refractivity contribution in [3.05, 3.63) is 51.9 Å². The quantitative estimate of drug-likeness (QED) is 0.778. The molecule has 0 radical (unpaired) electrons. The van der Waals surface area contributed by atoms with Crippen molar-refractivity contribution >= 4 is 11.0 Å². The Morgan fingerprint density at radius 2 is 1.90 bits per heavy atom. The van der Waals surface area contributed by atoms with Gasteiger partial charge < -0.3 is 0 Å².